The molecule has 1 unspecified atom stereocenters. The number of hydrogen-bond acceptors (Lipinski definition) is 6. The van der Waals surface area contributed by atoms with Gasteiger partial charge in [-0.1, -0.05) is 6.07 Å². The van der Waals surface area contributed by atoms with E-state index in [1.165, 1.54) is 24.4 Å². The van der Waals surface area contributed by atoms with Crippen molar-refractivity contribution in [3.8, 4) is 17.4 Å². The molecular weight excluding hydrogens is 476 g/mol. The first-order valence-electron chi connectivity index (χ1n) is 10.1. The van der Waals surface area contributed by atoms with E-state index in [0.29, 0.717) is 17.9 Å². The first-order chi connectivity index (χ1) is 16.1. The van der Waals surface area contributed by atoms with Crippen molar-refractivity contribution in [3.05, 3.63) is 77.2 Å². The molecule has 0 aliphatic carbocycles. The van der Waals surface area contributed by atoms with Crippen LogP contribution in [-0.4, -0.2) is 33.3 Å². The number of rotatable bonds is 6. The maximum Gasteiger partial charge on any atom is 0.573 e. The molecule has 3 aromatic rings. The minimum absolute atomic E-state index is 0.178. The third-order valence-electron chi connectivity index (χ3n) is 5.13. The normalized spacial score (nSPS) is 16.1. The van der Waals surface area contributed by atoms with Crippen molar-refractivity contribution >= 4 is 17.9 Å². The Kier molecular flexibility index (Phi) is 6.67. The number of aliphatic carboxylic acids is 1. The molecule has 2 heterocycles. The van der Waals surface area contributed by atoms with Gasteiger partial charge in [0.2, 0.25) is 5.88 Å². The summed E-state index contributed by atoms with van der Waals surface area (Å²) in [4.78, 5) is 16.8. The van der Waals surface area contributed by atoms with Gasteiger partial charge in [0.25, 0.3) is 0 Å². The highest BCUT2D eigenvalue weighted by Crippen LogP contribution is 2.40. The van der Waals surface area contributed by atoms with Crippen molar-refractivity contribution in [2.75, 3.05) is 6.54 Å². The third-order valence-corrected chi connectivity index (χ3v) is 6.21. The van der Waals surface area contributed by atoms with Gasteiger partial charge in [-0.25, -0.2) is 13.7 Å². The first-order valence-corrected chi connectivity index (χ1v) is 10.8. The largest absolute Gasteiger partial charge is 0.573 e. The molecule has 0 saturated carbocycles. The highest BCUT2D eigenvalue weighted by molar-refractivity contribution is 7.97. The van der Waals surface area contributed by atoms with E-state index >= 15 is 0 Å². The van der Waals surface area contributed by atoms with E-state index in [4.69, 9.17) is 4.74 Å². The van der Waals surface area contributed by atoms with Crippen LogP contribution >= 0.6 is 11.9 Å². The van der Waals surface area contributed by atoms with E-state index < -0.39 is 24.2 Å². The smallest absolute Gasteiger partial charge is 0.480 e. The van der Waals surface area contributed by atoms with Crippen molar-refractivity contribution in [3.63, 3.8) is 0 Å². The number of nitrogens with zero attached hydrogens (tertiary/aromatic N) is 2. The number of fused-ring (bicyclic) bond motifs is 1. The average Bonchev–Trinajstić information content (AvgIpc) is 2.77. The Morgan fingerprint density at radius 2 is 1.82 bits per heavy atom. The van der Waals surface area contributed by atoms with Crippen molar-refractivity contribution < 1.29 is 36.9 Å². The van der Waals surface area contributed by atoms with Crippen LogP contribution in [0.15, 0.2) is 59.6 Å². The molecule has 1 N–H and O–H groups in total. The lowest BCUT2D eigenvalue weighted by atomic mass is 9.90. The fourth-order valence-corrected chi connectivity index (χ4v) is 4.64. The minimum Gasteiger partial charge on any atom is -0.480 e. The van der Waals surface area contributed by atoms with Crippen LogP contribution in [0.5, 0.6) is 17.4 Å². The van der Waals surface area contributed by atoms with Crippen LogP contribution in [-0.2, 0) is 11.2 Å². The summed E-state index contributed by atoms with van der Waals surface area (Å²) in [5.74, 6) is -1.63. The zero-order valence-corrected chi connectivity index (χ0v) is 18.5. The summed E-state index contributed by atoms with van der Waals surface area (Å²) in [5, 5.41) is 9.81. The Morgan fingerprint density at radius 1 is 1.12 bits per heavy atom. The van der Waals surface area contributed by atoms with Gasteiger partial charge in [-0.15, -0.1) is 13.2 Å². The predicted octanol–water partition coefficient (Wildman–Crippen LogP) is 5.91. The quantitative estimate of drug-likeness (QED) is 0.337. The van der Waals surface area contributed by atoms with Crippen LogP contribution in [0.4, 0.5) is 17.6 Å². The molecule has 0 fully saturated rings. The van der Waals surface area contributed by atoms with Crippen LogP contribution in [0.25, 0.3) is 0 Å². The molecule has 2 aromatic carbocycles. The number of hydrogen-bond donors (Lipinski definition) is 1. The summed E-state index contributed by atoms with van der Waals surface area (Å²) in [6, 6.07) is 9.85. The Bertz CT molecular complexity index is 1190. The standard InChI is InChI=1S/C23H18F4N2O4S/c1-13-2-8-18(24)20-17(13)10-11-29(21(20)22(30)31)34-16-7-9-19(28-12-16)32-14-3-5-15(6-4-14)33-23(25,26)27/h2-9,12,21H,10-11H2,1H3,(H,30,31). The third kappa shape index (κ3) is 5.42. The van der Waals surface area contributed by atoms with Gasteiger partial charge in [0.15, 0.2) is 0 Å². The second kappa shape index (κ2) is 9.51. The summed E-state index contributed by atoms with van der Waals surface area (Å²) in [5.41, 5.74) is 1.75. The number of carboxylic acid groups (broad SMARTS) is 1. The lowest BCUT2D eigenvalue weighted by Gasteiger charge is -2.34. The summed E-state index contributed by atoms with van der Waals surface area (Å²) in [6.45, 7) is 2.24. The zero-order chi connectivity index (χ0) is 24.5. The highest BCUT2D eigenvalue weighted by Gasteiger charge is 2.37. The number of alkyl halides is 3. The highest BCUT2D eigenvalue weighted by atomic mass is 32.2. The summed E-state index contributed by atoms with van der Waals surface area (Å²) >= 11 is 1.15. The van der Waals surface area contributed by atoms with E-state index in [2.05, 4.69) is 9.72 Å². The zero-order valence-electron chi connectivity index (χ0n) is 17.7. The molecule has 0 radical (unpaired) electrons. The molecule has 11 heteroatoms. The number of carboxylic acids is 1. The van der Waals surface area contributed by atoms with Gasteiger partial charge < -0.3 is 14.6 Å². The van der Waals surface area contributed by atoms with Crippen LogP contribution < -0.4 is 9.47 Å². The Labute approximate surface area is 196 Å². The lowest BCUT2D eigenvalue weighted by Crippen LogP contribution is -2.36. The number of pyridine rings is 1. The number of carbonyl (C=O) groups is 1. The van der Waals surface area contributed by atoms with Crippen molar-refractivity contribution in [1.29, 1.82) is 0 Å². The van der Waals surface area contributed by atoms with E-state index in [1.54, 1.807) is 22.5 Å². The number of aryl methyl sites for hydroxylation is 1. The van der Waals surface area contributed by atoms with Crippen molar-refractivity contribution in [1.82, 2.24) is 9.29 Å². The first kappa shape index (κ1) is 23.8. The van der Waals surface area contributed by atoms with Gasteiger partial charge in [0.1, 0.15) is 23.4 Å². The molecule has 4 rings (SSSR count). The van der Waals surface area contributed by atoms with Crippen LogP contribution in [0.2, 0.25) is 0 Å². The Balaban J connectivity index is 1.45. The van der Waals surface area contributed by atoms with Gasteiger partial charge in [-0.3, -0.25) is 4.79 Å². The molecule has 0 saturated heterocycles. The van der Waals surface area contributed by atoms with Crippen molar-refractivity contribution in [2.45, 2.75) is 30.6 Å². The van der Waals surface area contributed by atoms with E-state index in [1.807, 2.05) is 6.92 Å². The molecule has 0 bridgehead atoms. The molecule has 178 valence electrons. The topological polar surface area (TPSA) is 71.9 Å². The van der Waals surface area contributed by atoms with Crippen LogP contribution in [0.3, 0.4) is 0 Å². The van der Waals surface area contributed by atoms with E-state index in [9.17, 15) is 27.5 Å². The van der Waals surface area contributed by atoms with Gasteiger partial charge in [-0.05, 0) is 72.8 Å². The van der Waals surface area contributed by atoms with Crippen LogP contribution in [0.1, 0.15) is 22.7 Å². The second-order valence-electron chi connectivity index (χ2n) is 7.43. The molecule has 0 amide bonds. The fourth-order valence-electron chi connectivity index (χ4n) is 3.66. The summed E-state index contributed by atoms with van der Waals surface area (Å²) in [6.07, 6.45) is -2.79. The lowest BCUT2D eigenvalue weighted by molar-refractivity contribution is -0.274. The number of benzene rings is 2. The van der Waals surface area contributed by atoms with Gasteiger partial charge >= 0.3 is 12.3 Å². The maximum absolute atomic E-state index is 14.5. The SMILES string of the molecule is Cc1ccc(F)c2c1CCN(Sc1ccc(Oc3ccc(OC(F)(F)F)cc3)nc1)C2C(=O)O. The summed E-state index contributed by atoms with van der Waals surface area (Å²) < 4.78 is 62.3. The van der Waals surface area contributed by atoms with Gasteiger partial charge in [0.05, 0.1) is 0 Å². The summed E-state index contributed by atoms with van der Waals surface area (Å²) in [7, 11) is 0. The van der Waals surface area contributed by atoms with E-state index in [-0.39, 0.29) is 22.9 Å². The molecular formula is C23H18F4N2O4S. The molecule has 1 aliphatic heterocycles. The minimum atomic E-state index is -4.78. The monoisotopic (exact) mass is 494 g/mol. The molecule has 0 spiro atoms. The molecule has 1 aromatic heterocycles. The maximum atomic E-state index is 14.5. The number of ether oxygens (including phenoxy) is 2. The molecule has 1 atom stereocenters. The number of halogens is 4. The molecule has 34 heavy (non-hydrogen) atoms. The van der Waals surface area contributed by atoms with Gasteiger partial charge in [-0.2, -0.15) is 0 Å². The Hall–Kier alpha value is -3.31. The van der Waals surface area contributed by atoms with Gasteiger partial charge in [0, 0.05) is 29.3 Å². The van der Waals surface area contributed by atoms with E-state index in [0.717, 1.165) is 35.2 Å². The Morgan fingerprint density at radius 3 is 2.44 bits per heavy atom. The molecule has 6 nitrogen and oxygen atoms in total. The predicted molar refractivity (Wildman–Crippen MR) is 115 cm³/mol. The fraction of sp³-hybridized carbons (Fsp3) is 0.217. The molecule has 1 aliphatic rings. The van der Waals surface area contributed by atoms with Crippen molar-refractivity contribution in [2.24, 2.45) is 0 Å². The average molecular weight is 494 g/mol. The van der Waals surface area contributed by atoms with Crippen LogP contribution in [0, 0.1) is 12.7 Å². The number of aromatic nitrogens is 1. The second-order valence-corrected chi connectivity index (χ2v) is 8.56.